The maximum Gasteiger partial charge on any atom is 0.146 e. The molecule has 1 aliphatic carbocycles. The monoisotopic (exact) mass is 384 g/mol. The van der Waals surface area contributed by atoms with Crippen molar-refractivity contribution in [3.05, 3.63) is 40.9 Å². The average Bonchev–Trinajstić information content (AvgIpc) is 3.33. The van der Waals surface area contributed by atoms with Crippen LogP contribution in [0.1, 0.15) is 24.8 Å². The van der Waals surface area contributed by atoms with Gasteiger partial charge in [-0.05, 0) is 47.3 Å². The predicted octanol–water partition coefficient (Wildman–Crippen LogP) is 2.75. The summed E-state index contributed by atoms with van der Waals surface area (Å²) >= 11 is 3.38. The van der Waals surface area contributed by atoms with Gasteiger partial charge in [0.2, 0.25) is 0 Å². The molecule has 0 amide bonds. The van der Waals surface area contributed by atoms with Crippen LogP contribution in [-0.2, 0) is 0 Å². The van der Waals surface area contributed by atoms with E-state index in [1.165, 1.54) is 12.8 Å². The summed E-state index contributed by atoms with van der Waals surface area (Å²) in [6.07, 6.45) is 8.66. The number of aromatic nitrogens is 3. The zero-order chi connectivity index (χ0) is 16.5. The molecule has 0 spiro atoms. The van der Waals surface area contributed by atoms with Crippen molar-refractivity contribution in [2.75, 3.05) is 22.9 Å². The van der Waals surface area contributed by atoms with Gasteiger partial charge in [-0.15, -0.1) is 0 Å². The molecule has 4 rings (SSSR count). The van der Waals surface area contributed by atoms with Crippen LogP contribution in [0.25, 0.3) is 0 Å². The van der Waals surface area contributed by atoms with E-state index in [-0.39, 0.29) is 0 Å². The number of hydrogen-bond acceptors (Lipinski definition) is 6. The highest BCUT2D eigenvalue weighted by Crippen LogP contribution is 2.36. The van der Waals surface area contributed by atoms with E-state index in [0.717, 1.165) is 35.6 Å². The molecule has 0 radical (unpaired) electrons. The molecule has 1 aliphatic heterocycles. The Labute approximate surface area is 149 Å². The topological polar surface area (TPSA) is 68.9 Å². The van der Waals surface area contributed by atoms with E-state index in [0.29, 0.717) is 17.6 Å². The van der Waals surface area contributed by atoms with Crippen molar-refractivity contribution in [1.82, 2.24) is 15.0 Å². The van der Waals surface area contributed by atoms with Crippen molar-refractivity contribution in [2.45, 2.75) is 31.3 Å². The first-order valence-electron chi connectivity index (χ1n) is 8.11. The van der Waals surface area contributed by atoms with Crippen molar-refractivity contribution < 1.29 is 0 Å². The molecule has 24 heavy (non-hydrogen) atoms. The quantitative estimate of drug-likeness (QED) is 0.806. The number of nitriles is 1. The molecule has 2 aromatic heterocycles. The SMILES string of the molecule is N#Cc1cc(Br)cnc1N1CCC(N(c2ccncn2)C2CC2)C1. The first-order chi connectivity index (χ1) is 11.8. The minimum atomic E-state index is 0.393. The smallest absolute Gasteiger partial charge is 0.146 e. The number of pyridine rings is 1. The van der Waals surface area contributed by atoms with E-state index >= 15 is 0 Å². The molecule has 6 nitrogen and oxygen atoms in total. The molecule has 2 aliphatic rings. The molecule has 1 saturated carbocycles. The second kappa shape index (κ2) is 6.36. The van der Waals surface area contributed by atoms with Crippen LogP contribution in [0.2, 0.25) is 0 Å². The van der Waals surface area contributed by atoms with Gasteiger partial charge in [0.1, 0.15) is 24.0 Å². The van der Waals surface area contributed by atoms with Gasteiger partial charge in [0.15, 0.2) is 0 Å². The standard InChI is InChI=1S/C17H17BrN6/c18-13-7-12(8-19)17(21-9-13)23-6-4-15(10-23)24(14-1-2-14)16-3-5-20-11-22-16/h3,5,7,9,11,14-15H,1-2,4,6,10H2. The summed E-state index contributed by atoms with van der Waals surface area (Å²) in [5.74, 6) is 1.78. The van der Waals surface area contributed by atoms with E-state index in [4.69, 9.17) is 0 Å². The van der Waals surface area contributed by atoms with Crippen LogP contribution in [0.3, 0.4) is 0 Å². The van der Waals surface area contributed by atoms with Gasteiger partial charge in [-0.1, -0.05) is 0 Å². The van der Waals surface area contributed by atoms with E-state index < -0.39 is 0 Å². The molecule has 1 saturated heterocycles. The first kappa shape index (κ1) is 15.3. The molecule has 2 fully saturated rings. The number of rotatable bonds is 4. The highest BCUT2D eigenvalue weighted by atomic mass is 79.9. The van der Waals surface area contributed by atoms with Crippen LogP contribution in [0.15, 0.2) is 35.3 Å². The summed E-state index contributed by atoms with van der Waals surface area (Å²) in [4.78, 5) is 17.6. The lowest BCUT2D eigenvalue weighted by Crippen LogP contribution is -2.40. The summed E-state index contributed by atoms with van der Waals surface area (Å²) in [5, 5.41) is 9.39. The van der Waals surface area contributed by atoms with Crippen LogP contribution < -0.4 is 9.80 Å². The van der Waals surface area contributed by atoms with Gasteiger partial charge < -0.3 is 9.80 Å². The average molecular weight is 385 g/mol. The third kappa shape index (κ3) is 2.94. The third-order valence-corrected chi connectivity index (χ3v) is 5.01. The van der Waals surface area contributed by atoms with Gasteiger partial charge in [0, 0.05) is 42.0 Å². The molecule has 122 valence electrons. The lowest BCUT2D eigenvalue weighted by atomic mass is 10.2. The fraction of sp³-hybridized carbons (Fsp3) is 0.412. The Hall–Kier alpha value is -2.20. The second-order valence-corrected chi connectivity index (χ2v) is 7.15. The van der Waals surface area contributed by atoms with E-state index in [1.807, 2.05) is 12.1 Å². The van der Waals surface area contributed by atoms with Crippen LogP contribution in [0, 0.1) is 11.3 Å². The van der Waals surface area contributed by atoms with Gasteiger partial charge >= 0.3 is 0 Å². The Morgan fingerprint density at radius 2 is 2.12 bits per heavy atom. The van der Waals surface area contributed by atoms with Gasteiger partial charge in [0.05, 0.1) is 5.56 Å². The second-order valence-electron chi connectivity index (χ2n) is 6.23. The van der Waals surface area contributed by atoms with E-state index in [9.17, 15) is 5.26 Å². The van der Waals surface area contributed by atoms with E-state index in [2.05, 4.69) is 46.8 Å². The molecule has 1 unspecified atom stereocenters. The molecule has 0 aromatic carbocycles. The molecule has 1 atom stereocenters. The molecule has 7 heteroatoms. The zero-order valence-corrected chi connectivity index (χ0v) is 14.7. The number of halogens is 1. The van der Waals surface area contributed by atoms with Crippen LogP contribution >= 0.6 is 15.9 Å². The van der Waals surface area contributed by atoms with Crippen molar-refractivity contribution in [3.8, 4) is 6.07 Å². The normalized spacial score (nSPS) is 20.0. The molecule has 3 heterocycles. The van der Waals surface area contributed by atoms with Crippen molar-refractivity contribution in [2.24, 2.45) is 0 Å². The van der Waals surface area contributed by atoms with Gasteiger partial charge in [-0.3, -0.25) is 0 Å². The highest BCUT2D eigenvalue weighted by Gasteiger charge is 2.38. The zero-order valence-electron chi connectivity index (χ0n) is 13.1. The Bertz CT molecular complexity index is 770. The Morgan fingerprint density at radius 1 is 1.25 bits per heavy atom. The summed E-state index contributed by atoms with van der Waals surface area (Å²) in [6.45, 7) is 1.77. The van der Waals surface area contributed by atoms with E-state index in [1.54, 1.807) is 18.7 Å². The third-order valence-electron chi connectivity index (χ3n) is 4.58. The lowest BCUT2D eigenvalue weighted by Gasteiger charge is -2.30. The van der Waals surface area contributed by atoms with Crippen molar-refractivity contribution >= 4 is 27.6 Å². The predicted molar refractivity (Wildman–Crippen MR) is 94.8 cm³/mol. The maximum absolute atomic E-state index is 9.39. The van der Waals surface area contributed by atoms with Crippen molar-refractivity contribution in [3.63, 3.8) is 0 Å². The van der Waals surface area contributed by atoms with Crippen LogP contribution in [-0.4, -0.2) is 40.1 Å². The van der Waals surface area contributed by atoms with Crippen LogP contribution in [0.4, 0.5) is 11.6 Å². The number of nitrogens with zero attached hydrogens (tertiary/aromatic N) is 6. The molecular formula is C17H17BrN6. The highest BCUT2D eigenvalue weighted by molar-refractivity contribution is 9.10. The lowest BCUT2D eigenvalue weighted by molar-refractivity contribution is 0.624. The Morgan fingerprint density at radius 3 is 2.83 bits per heavy atom. The van der Waals surface area contributed by atoms with Gasteiger partial charge in [-0.25, -0.2) is 15.0 Å². The summed E-state index contributed by atoms with van der Waals surface area (Å²) in [5.41, 5.74) is 0.616. The Kier molecular flexibility index (Phi) is 4.07. The molecule has 0 N–H and O–H groups in total. The molecule has 2 aromatic rings. The fourth-order valence-corrected chi connectivity index (χ4v) is 3.72. The fourth-order valence-electron chi connectivity index (χ4n) is 3.39. The van der Waals surface area contributed by atoms with Gasteiger partial charge in [-0.2, -0.15) is 5.26 Å². The molecule has 0 bridgehead atoms. The summed E-state index contributed by atoms with van der Waals surface area (Å²) < 4.78 is 0.833. The van der Waals surface area contributed by atoms with Crippen molar-refractivity contribution in [1.29, 1.82) is 5.26 Å². The minimum absolute atomic E-state index is 0.393. The number of hydrogen-bond donors (Lipinski definition) is 0. The Balaban J connectivity index is 1.57. The van der Waals surface area contributed by atoms with Gasteiger partial charge in [0.25, 0.3) is 0 Å². The molecular weight excluding hydrogens is 368 g/mol. The largest absolute Gasteiger partial charge is 0.353 e. The minimum Gasteiger partial charge on any atom is -0.353 e. The maximum atomic E-state index is 9.39. The van der Waals surface area contributed by atoms with Crippen LogP contribution in [0.5, 0.6) is 0 Å². The summed E-state index contributed by atoms with van der Waals surface area (Å²) in [6, 6.07) is 7.05. The number of anilines is 2. The summed E-state index contributed by atoms with van der Waals surface area (Å²) in [7, 11) is 0. The first-order valence-corrected chi connectivity index (χ1v) is 8.90.